The Balaban J connectivity index is 1.72. The number of rotatable bonds is 4. The minimum absolute atomic E-state index is 0.0249. The van der Waals surface area contributed by atoms with Gasteiger partial charge in [-0.3, -0.25) is 14.3 Å². The molecule has 1 fully saturated rings. The van der Waals surface area contributed by atoms with Crippen LogP contribution in [0.15, 0.2) is 36.5 Å². The number of benzene rings is 1. The van der Waals surface area contributed by atoms with Crippen LogP contribution in [0, 0.1) is 5.92 Å². The Morgan fingerprint density at radius 2 is 1.83 bits per heavy atom. The molecule has 2 aromatic rings. The van der Waals surface area contributed by atoms with Gasteiger partial charge in [-0.1, -0.05) is 30.3 Å². The molecule has 0 spiro atoms. The Kier molecular flexibility index (Phi) is 4.64. The summed E-state index contributed by atoms with van der Waals surface area (Å²) >= 11 is 0. The van der Waals surface area contributed by atoms with Crippen LogP contribution in [0.5, 0.6) is 0 Å². The summed E-state index contributed by atoms with van der Waals surface area (Å²) in [6, 6.07) is 9.71. The number of carbonyl (C=O) groups is 2. The van der Waals surface area contributed by atoms with Gasteiger partial charge in [-0.15, -0.1) is 0 Å². The van der Waals surface area contributed by atoms with Crippen molar-refractivity contribution >= 4 is 11.9 Å². The number of nitrogens with zero attached hydrogens (tertiary/aromatic N) is 2. The molecular weight excluding hydrogens is 306 g/mol. The van der Waals surface area contributed by atoms with E-state index in [4.69, 9.17) is 5.11 Å². The average molecular weight is 327 g/mol. The highest BCUT2D eigenvalue weighted by Gasteiger charge is 2.28. The van der Waals surface area contributed by atoms with Gasteiger partial charge in [-0.05, 0) is 25.7 Å². The lowest BCUT2D eigenvalue weighted by Crippen LogP contribution is -2.38. The number of amides is 1. The Bertz CT molecular complexity index is 731. The molecule has 24 heavy (non-hydrogen) atoms. The fourth-order valence-corrected chi connectivity index (χ4v) is 3.29. The number of carboxylic acid groups (broad SMARTS) is 1. The van der Waals surface area contributed by atoms with Gasteiger partial charge in [0.25, 0.3) is 5.91 Å². The first-order valence-electron chi connectivity index (χ1n) is 8.17. The molecule has 1 amide bonds. The van der Waals surface area contributed by atoms with E-state index in [2.05, 4.69) is 10.4 Å². The molecule has 0 radical (unpaired) electrons. The summed E-state index contributed by atoms with van der Waals surface area (Å²) in [5.41, 5.74) is 2.27. The predicted molar refractivity (Wildman–Crippen MR) is 89.5 cm³/mol. The first-order valence-corrected chi connectivity index (χ1v) is 8.17. The highest BCUT2D eigenvalue weighted by molar-refractivity contribution is 6.00. The SMILES string of the molecule is Cn1ncc(C(=O)NC2CCC(C(=O)O)CC2)c1-c1ccccc1. The second kappa shape index (κ2) is 6.86. The Hall–Kier alpha value is -2.63. The smallest absolute Gasteiger partial charge is 0.306 e. The molecule has 1 aromatic carbocycles. The van der Waals surface area contributed by atoms with Gasteiger partial charge in [0.2, 0.25) is 0 Å². The molecule has 3 rings (SSSR count). The Labute approximate surface area is 140 Å². The zero-order valence-corrected chi connectivity index (χ0v) is 13.6. The molecule has 0 saturated heterocycles. The number of aliphatic carboxylic acids is 1. The maximum atomic E-state index is 12.7. The van der Waals surface area contributed by atoms with Gasteiger partial charge in [-0.2, -0.15) is 5.10 Å². The molecule has 6 heteroatoms. The minimum Gasteiger partial charge on any atom is -0.481 e. The van der Waals surface area contributed by atoms with E-state index >= 15 is 0 Å². The van der Waals surface area contributed by atoms with E-state index in [9.17, 15) is 9.59 Å². The van der Waals surface area contributed by atoms with Gasteiger partial charge in [0.05, 0.1) is 23.4 Å². The van der Waals surface area contributed by atoms with E-state index in [-0.39, 0.29) is 17.9 Å². The van der Waals surface area contributed by atoms with Gasteiger partial charge >= 0.3 is 5.97 Å². The molecule has 1 heterocycles. The van der Waals surface area contributed by atoms with Crippen LogP contribution in [0.3, 0.4) is 0 Å². The molecule has 126 valence electrons. The van der Waals surface area contributed by atoms with Crippen LogP contribution in [0.2, 0.25) is 0 Å². The number of aryl methyl sites for hydroxylation is 1. The van der Waals surface area contributed by atoms with E-state index in [1.807, 2.05) is 37.4 Å². The number of aromatic nitrogens is 2. The second-order valence-corrected chi connectivity index (χ2v) is 6.26. The third-order valence-corrected chi connectivity index (χ3v) is 4.64. The van der Waals surface area contributed by atoms with Crippen molar-refractivity contribution in [2.45, 2.75) is 31.7 Å². The summed E-state index contributed by atoms with van der Waals surface area (Å²) in [6.07, 6.45) is 4.20. The Morgan fingerprint density at radius 3 is 2.46 bits per heavy atom. The van der Waals surface area contributed by atoms with E-state index in [0.29, 0.717) is 31.2 Å². The fraction of sp³-hybridized carbons (Fsp3) is 0.389. The fourth-order valence-electron chi connectivity index (χ4n) is 3.29. The van der Waals surface area contributed by atoms with Gasteiger partial charge < -0.3 is 10.4 Å². The monoisotopic (exact) mass is 327 g/mol. The lowest BCUT2D eigenvalue weighted by molar-refractivity contribution is -0.142. The maximum absolute atomic E-state index is 12.7. The second-order valence-electron chi connectivity index (χ2n) is 6.26. The molecule has 1 aliphatic rings. The van der Waals surface area contributed by atoms with Gasteiger partial charge in [-0.25, -0.2) is 0 Å². The molecule has 0 atom stereocenters. The summed E-state index contributed by atoms with van der Waals surface area (Å²) in [6.45, 7) is 0. The summed E-state index contributed by atoms with van der Waals surface area (Å²) in [5.74, 6) is -1.17. The topological polar surface area (TPSA) is 84.2 Å². The number of carboxylic acids is 1. The van der Waals surface area contributed by atoms with Crippen molar-refractivity contribution in [2.75, 3.05) is 0 Å². The molecule has 1 aromatic heterocycles. The minimum atomic E-state index is -0.738. The molecule has 0 unspecified atom stereocenters. The van der Waals surface area contributed by atoms with Crippen LogP contribution >= 0.6 is 0 Å². The molecule has 0 bridgehead atoms. The first kappa shape index (κ1) is 16.2. The van der Waals surface area contributed by atoms with Crippen LogP contribution in [0.25, 0.3) is 11.3 Å². The maximum Gasteiger partial charge on any atom is 0.306 e. The lowest BCUT2D eigenvalue weighted by Gasteiger charge is -2.26. The van der Waals surface area contributed by atoms with E-state index < -0.39 is 5.97 Å². The normalized spacial score (nSPS) is 20.5. The van der Waals surface area contributed by atoms with Gasteiger partial charge in [0.15, 0.2) is 0 Å². The average Bonchev–Trinajstić information content (AvgIpc) is 2.98. The summed E-state index contributed by atoms with van der Waals surface area (Å²) in [4.78, 5) is 23.7. The zero-order chi connectivity index (χ0) is 17.1. The summed E-state index contributed by atoms with van der Waals surface area (Å²) in [5, 5.41) is 16.3. The molecule has 2 N–H and O–H groups in total. The van der Waals surface area contributed by atoms with Crippen LogP contribution in [0.1, 0.15) is 36.0 Å². The molecule has 1 aliphatic carbocycles. The van der Waals surface area contributed by atoms with Crippen LogP contribution in [0.4, 0.5) is 0 Å². The van der Waals surface area contributed by atoms with E-state index in [1.165, 1.54) is 0 Å². The molecule has 0 aliphatic heterocycles. The third kappa shape index (κ3) is 3.32. The number of nitrogens with one attached hydrogen (secondary N) is 1. The predicted octanol–water partition coefficient (Wildman–Crippen LogP) is 2.46. The zero-order valence-electron chi connectivity index (χ0n) is 13.6. The van der Waals surface area contributed by atoms with Crippen molar-refractivity contribution in [1.29, 1.82) is 0 Å². The first-order chi connectivity index (χ1) is 11.6. The quantitative estimate of drug-likeness (QED) is 0.903. The van der Waals surface area contributed by atoms with Crippen molar-refractivity contribution in [2.24, 2.45) is 13.0 Å². The lowest BCUT2D eigenvalue weighted by atomic mass is 9.86. The van der Waals surface area contributed by atoms with E-state index in [1.54, 1.807) is 10.9 Å². The van der Waals surface area contributed by atoms with Gasteiger partial charge in [0, 0.05) is 18.7 Å². The van der Waals surface area contributed by atoms with Crippen molar-refractivity contribution in [3.05, 3.63) is 42.1 Å². The summed E-state index contributed by atoms with van der Waals surface area (Å²) < 4.78 is 1.70. The van der Waals surface area contributed by atoms with Crippen LogP contribution in [-0.2, 0) is 11.8 Å². The highest BCUT2D eigenvalue weighted by Crippen LogP contribution is 2.26. The number of carbonyl (C=O) groups excluding carboxylic acids is 1. The van der Waals surface area contributed by atoms with Crippen molar-refractivity contribution < 1.29 is 14.7 Å². The molecular formula is C18H21N3O3. The number of hydrogen-bond donors (Lipinski definition) is 2. The third-order valence-electron chi connectivity index (χ3n) is 4.64. The summed E-state index contributed by atoms with van der Waals surface area (Å²) in [7, 11) is 1.82. The number of hydrogen-bond acceptors (Lipinski definition) is 3. The van der Waals surface area contributed by atoms with Crippen molar-refractivity contribution in [3.8, 4) is 11.3 Å². The van der Waals surface area contributed by atoms with Crippen molar-refractivity contribution in [3.63, 3.8) is 0 Å². The standard InChI is InChI=1S/C18H21N3O3/c1-21-16(12-5-3-2-4-6-12)15(11-19-21)17(22)20-14-9-7-13(8-10-14)18(23)24/h2-6,11,13-14H,7-10H2,1H3,(H,20,22)(H,23,24). The largest absolute Gasteiger partial charge is 0.481 e. The molecule has 1 saturated carbocycles. The van der Waals surface area contributed by atoms with E-state index in [0.717, 1.165) is 11.3 Å². The Morgan fingerprint density at radius 1 is 1.17 bits per heavy atom. The van der Waals surface area contributed by atoms with Gasteiger partial charge in [0.1, 0.15) is 0 Å². The highest BCUT2D eigenvalue weighted by atomic mass is 16.4. The molecule has 6 nitrogen and oxygen atoms in total. The van der Waals surface area contributed by atoms with Crippen LogP contribution in [-0.4, -0.2) is 32.8 Å². The van der Waals surface area contributed by atoms with Crippen LogP contribution < -0.4 is 5.32 Å². The van der Waals surface area contributed by atoms with Crippen molar-refractivity contribution in [1.82, 2.24) is 15.1 Å².